The molecule has 1 saturated carbocycles. The van der Waals surface area contributed by atoms with Gasteiger partial charge in [-0.1, -0.05) is 0 Å². The number of piperidine rings is 1. The van der Waals surface area contributed by atoms with E-state index in [2.05, 4.69) is 4.37 Å². The van der Waals surface area contributed by atoms with Crippen molar-refractivity contribution >= 4 is 27.5 Å². The second-order valence-corrected chi connectivity index (χ2v) is 7.92. The van der Waals surface area contributed by atoms with Gasteiger partial charge < -0.3 is 5.11 Å². The van der Waals surface area contributed by atoms with E-state index in [-0.39, 0.29) is 16.7 Å². The fraction of sp³-hybridized carbons (Fsp3) is 0.600. The molecule has 98 valence electrons. The average Bonchev–Trinajstić information content (AvgIpc) is 2.69. The van der Waals surface area contributed by atoms with Crippen LogP contribution in [0.2, 0.25) is 0 Å². The molecule has 0 aromatic carbocycles. The number of aryl methyl sites for hydroxylation is 1. The van der Waals surface area contributed by atoms with E-state index in [1.165, 1.54) is 10.4 Å². The number of rotatable bonds is 3. The summed E-state index contributed by atoms with van der Waals surface area (Å²) in [6, 6.07) is 1.53. The molecule has 18 heavy (non-hydrogen) atoms. The Morgan fingerprint density at radius 3 is 2.89 bits per heavy atom. The molecule has 1 aliphatic carbocycles. The van der Waals surface area contributed by atoms with Gasteiger partial charge in [-0.15, -0.1) is 0 Å². The minimum Gasteiger partial charge on any atom is -0.481 e. The molecule has 6 nitrogen and oxygen atoms in total. The molecular formula is C10H12N2O4S2. The standard InChI is InChI=1S/C10H12N2O4S2/c1-6-2-8(17-11-6)18(15,16)12-4-7-3-10(7,5-12)9(13)14/h2,7H,3-5H2,1H3,(H,13,14). The summed E-state index contributed by atoms with van der Waals surface area (Å²) in [4.78, 5) is 11.1. The Balaban J connectivity index is 1.88. The van der Waals surface area contributed by atoms with Gasteiger partial charge in [-0.2, -0.15) is 8.68 Å². The first-order valence-corrected chi connectivity index (χ1v) is 7.74. The first-order valence-electron chi connectivity index (χ1n) is 5.53. The van der Waals surface area contributed by atoms with Crippen LogP contribution in [0.3, 0.4) is 0 Å². The quantitative estimate of drug-likeness (QED) is 0.877. The summed E-state index contributed by atoms with van der Waals surface area (Å²) < 4.78 is 30.0. The van der Waals surface area contributed by atoms with Crippen LogP contribution in [0.5, 0.6) is 0 Å². The Kier molecular flexibility index (Phi) is 2.36. The van der Waals surface area contributed by atoms with E-state index in [9.17, 15) is 13.2 Å². The zero-order valence-corrected chi connectivity index (χ0v) is 11.3. The number of aromatic nitrogens is 1. The number of nitrogens with zero attached hydrogens (tertiary/aromatic N) is 2. The summed E-state index contributed by atoms with van der Waals surface area (Å²) in [5.41, 5.74) is -0.164. The zero-order valence-electron chi connectivity index (χ0n) is 9.66. The van der Waals surface area contributed by atoms with Crippen LogP contribution in [0.25, 0.3) is 0 Å². The number of fused-ring (bicyclic) bond motifs is 1. The van der Waals surface area contributed by atoms with Gasteiger partial charge in [0.1, 0.15) is 0 Å². The molecule has 2 aliphatic rings. The lowest BCUT2D eigenvalue weighted by Gasteiger charge is -2.17. The summed E-state index contributed by atoms with van der Waals surface area (Å²) >= 11 is 0.940. The number of carbonyl (C=O) groups is 1. The monoisotopic (exact) mass is 288 g/mol. The first kappa shape index (κ1) is 12.1. The molecule has 1 N–H and O–H groups in total. The molecule has 0 spiro atoms. The molecule has 2 unspecified atom stereocenters. The van der Waals surface area contributed by atoms with Gasteiger partial charge in [-0.05, 0) is 36.9 Å². The van der Waals surface area contributed by atoms with Gasteiger partial charge in [0, 0.05) is 13.1 Å². The molecule has 0 bridgehead atoms. The highest BCUT2D eigenvalue weighted by atomic mass is 32.2. The maximum absolute atomic E-state index is 12.3. The minimum absolute atomic E-state index is 0.0289. The average molecular weight is 288 g/mol. The Hall–Kier alpha value is -0.990. The molecule has 2 atom stereocenters. The van der Waals surface area contributed by atoms with Gasteiger partial charge in [-0.25, -0.2) is 8.42 Å². The van der Waals surface area contributed by atoms with Crippen LogP contribution >= 0.6 is 11.5 Å². The van der Waals surface area contributed by atoms with E-state index < -0.39 is 21.4 Å². The number of aliphatic carboxylic acids is 1. The lowest BCUT2D eigenvalue weighted by atomic mass is 10.1. The summed E-state index contributed by atoms with van der Waals surface area (Å²) in [7, 11) is -3.57. The number of carboxylic acid groups (broad SMARTS) is 1. The summed E-state index contributed by atoms with van der Waals surface area (Å²) in [6.07, 6.45) is 0.593. The van der Waals surface area contributed by atoms with Crippen molar-refractivity contribution in [3.63, 3.8) is 0 Å². The number of hydrogen-bond donors (Lipinski definition) is 1. The van der Waals surface area contributed by atoms with Crippen molar-refractivity contribution in [2.45, 2.75) is 17.6 Å². The molecule has 2 fully saturated rings. The third kappa shape index (κ3) is 1.52. The van der Waals surface area contributed by atoms with Gasteiger partial charge >= 0.3 is 5.97 Å². The topological polar surface area (TPSA) is 87.6 Å². The zero-order chi connectivity index (χ0) is 13.1. The Morgan fingerprint density at radius 2 is 2.39 bits per heavy atom. The van der Waals surface area contributed by atoms with Gasteiger partial charge in [0.05, 0.1) is 11.1 Å². The molecule has 1 aliphatic heterocycles. The highest BCUT2D eigenvalue weighted by Crippen LogP contribution is 2.58. The highest BCUT2D eigenvalue weighted by molar-refractivity contribution is 7.91. The van der Waals surface area contributed by atoms with E-state index in [0.29, 0.717) is 18.7 Å². The van der Waals surface area contributed by atoms with Crippen molar-refractivity contribution in [1.29, 1.82) is 0 Å². The molecule has 1 saturated heterocycles. The lowest BCUT2D eigenvalue weighted by molar-refractivity contribution is -0.143. The first-order chi connectivity index (χ1) is 8.36. The SMILES string of the molecule is Cc1cc(S(=O)(=O)N2CC3CC3(C(=O)O)C2)sn1. The summed E-state index contributed by atoms with van der Waals surface area (Å²) in [5, 5.41) is 9.14. The summed E-state index contributed by atoms with van der Waals surface area (Å²) in [6.45, 7) is 2.13. The molecule has 1 aromatic rings. The summed E-state index contributed by atoms with van der Waals surface area (Å²) in [5.74, 6) is -0.913. The van der Waals surface area contributed by atoms with Crippen molar-refractivity contribution in [2.24, 2.45) is 11.3 Å². The van der Waals surface area contributed by atoms with Crippen LogP contribution in [-0.4, -0.2) is 41.3 Å². The van der Waals surface area contributed by atoms with Crippen molar-refractivity contribution in [1.82, 2.24) is 8.68 Å². The maximum atomic E-state index is 12.3. The smallest absolute Gasteiger partial charge is 0.311 e. The van der Waals surface area contributed by atoms with Crippen molar-refractivity contribution in [3.8, 4) is 0 Å². The van der Waals surface area contributed by atoms with Crippen molar-refractivity contribution < 1.29 is 18.3 Å². The Bertz CT molecular complexity index is 624. The molecule has 8 heteroatoms. The van der Waals surface area contributed by atoms with E-state index in [1.807, 2.05) is 0 Å². The van der Waals surface area contributed by atoms with Gasteiger partial charge in [0.2, 0.25) is 0 Å². The Labute approximate surface area is 108 Å². The van der Waals surface area contributed by atoms with Crippen molar-refractivity contribution in [2.75, 3.05) is 13.1 Å². The Morgan fingerprint density at radius 1 is 1.67 bits per heavy atom. The van der Waals surface area contributed by atoms with Crippen LogP contribution in [0, 0.1) is 18.3 Å². The van der Waals surface area contributed by atoms with Crippen molar-refractivity contribution in [3.05, 3.63) is 11.8 Å². The van der Waals surface area contributed by atoms with E-state index >= 15 is 0 Å². The fourth-order valence-corrected chi connectivity index (χ4v) is 5.21. The second kappa shape index (κ2) is 3.52. The maximum Gasteiger partial charge on any atom is 0.311 e. The predicted molar refractivity (Wildman–Crippen MR) is 63.8 cm³/mol. The number of carboxylic acids is 1. The van der Waals surface area contributed by atoms with Crippen LogP contribution in [0.4, 0.5) is 0 Å². The predicted octanol–water partition coefficient (Wildman–Crippen LogP) is 0.547. The molecule has 1 aromatic heterocycles. The fourth-order valence-electron chi connectivity index (χ4n) is 2.54. The van der Waals surface area contributed by atoms with Gasteiger partial charge in [-0.3, -0.25) is 4.79 Å². The van der Waals surface area contributed by atoms with E-state index in [1.54, 1.807) is 6.92 Å². The lowest BCUT2D eigenvalue weighted by Crippen LogP contribution is -2.33. The molecule has 2 heterocycles. The largest absolute Gasteiger partial charge is 0.481 e. The second-order valence-electron chi connectivity index (χ2n) is 4.95. The van der Waals surface area contributed by atoms with Crippen LogP contribution in [-0.2, 0) is 14.8 Å². The number of hydrogen-bond acceptors (Lipinski definition) is 5. The molecule has 0 radical (unpaired) electrons. The normalized spacial score (nSPS) is 31.3. The molecule has 0 amide bonds. The third-order valence-corrected chi connectivity index (χ3v) is 6.86. The van der Waals surface area contributed by atoms with Gasteiger partial charge in [0.15, 0.2) is 4.21 Å². The van der Waals surface area contributed by atoms with Crippen LogP contribution in [0.15, 0.2) is 10.3 Å². The molecule has 3 rings (SSSR count). The minimum atomic E-state index is -3.57. The van der Waals surface area contributed by atoms with E-state index in [0.717, 1.165) is 11.5 Å². The van der Waals surface area contributed by atoms with E-state index in [4.69, 9.17) is 5.11 Å². The van der Waals surface area contributed by atoms with Crippen LogP contribution in [0.1, 0.15) is 12.1 Å². The molecular weight excluding hydrogens is 276 g/mol. The number of sulfonamides is 1. The van der Waals surface area contributed by atoms with Gasteiger partial charge in [0.25, 0.3) is 10.0 Å². The van der Waals surface area contributed by atoms with Crippen LogP contribution < -0.4 is 0 Å². The third-order valence-electron chi connectivity index (χ3n) is 3.74. The highest BCUT2D eigenvalue weighted by Gasteiger charge is 2.67.